The van der Waals surface area contributed by atoms with Gasteiger partial charge in [-0.3, -0.25) is 4.90 Å². The highest BCUT2D eigenvalue weighted by Gasteiger charge is 2.87. The molecule has 2 amide bonds. The van der Waals surface area contributed by atoms with Gasteiger partial charge in [-0.15, -0.1) is 0 Å². The molecule has 18 heteroatoms. The first-order chi connectivity index (χ1) is 45.5. The minimum Gasteiger partial charge on any atom is -0.460 e. The fraction of sp³-hybridized carbons (Fsp3) is 0.952. The largest absolute Gasteiger partial charge is 0.460 e. The van der Waals surface area contributed by atoms with E-state index in [-0.39, 0.29) is 142 Å². The third kappa shape index (κ3) is 12.6. The molecule has 26 atom stereocenters. The predicted octanol–water partition coefficient (Wildman–Crippen LogP) is 15.3. The summed E-state index contributed by atoms with van der Waals surface area (Å²) in [5.74, 6) is -0.336. The van der Waals surface area contributed by atoms with Crippen LogP contribution in [0.5, 0.6) is 0 Å². The zero-order valence-electron chi connectivity index (χ0n) is 66.8. The van der Waals surface area contributed by atoms with Crippen LogP contribution in [0.3, 0.4) is 0 Å². The third-order valence-electron chi connectivity index (χ3n) is 31.8. The Hall–Kier alpha value is -2.84. The van der Waals surface area contributed by atoms with E-state index in [1.165, 1.54) is 4.90 Å². The van der Waals surface area contributed by atoms with Gasteiger partial charge in [0.1, 0.15) is 35.5 Å². The van der Waals surface area contributed by atoms with Gasteiger partial charge in [0.2, 0.25) is 0 Å². The molecule has 18 nitrogen and oxygen atoms in total. The highest BCUT2D eigenvalue weighted by Crippen LogP contribution is 2.91. The second-order valence-corrected chi connectivity index (χ2v) is 42.0. The van der Waals surface area contributed by atoms with Crippen LogP contribution in [-0.2, 0) is 42.7 Å². The average molecular weight is 1440 g/mol. The Kier molecular flexibility index (Phi) is 21.3. The monoisotopic (exact) mass is 1440 g/mol. The Morgan fingerprint density at radius 2 is 0.912 bits per heavy atom. The van der Waals surface area contributed by atoms with E-state index in [1.54, 1.807) is 27.8 Å². The number of methoxy groups -OCH3 is 1. The Morgan fingerprint density at radius 3 is 1.30 bits per heavy atom. The molecule has 588 valence electrons. The number of esters is 2. The fourth-order valence-corrected chi connectivity index (χ4v) is 27.5. The van der Waals surface area contributed by atoms with Crippen molar-refractivity contribution in [2.45, 2.75) is 391 Å². The molecule has 12 fully saturated rings. The summed E-state index contributed by atoms with van der Waals surface area (Å²) in [5, 5.41) is 60.7. The van der Waals surface area contributed by atoms with Crippen LogP contribution in [0.4, 0.5) is 9.59 Å². The Morgan fingerprint density at radius 1 is 0.500 bits per heavy atom. The number of likely N-dealkylation sites (N-methyl/N-ethyl adjacent to an activating group) is 1. The van der Waals surface area contributed by atoms with Gasteiger partial charge in [-0.25, -0.2) is 19.2 Å². The third-order valence-corrected chi connectivity index (χ3v) is 31.8. The van der Waals surface area contributed by atoms with Crippen molar-refractivity contribution in [3.8, 4) is 0 Å². The molecule has 12 aliphatic rings. The molecule has 0 aromatic heterocycles. The van der Waals surface area contributed by atoms with Crippen molar-refractivity contribution in [2.24, 2.45) is 101 Å². The minimum atomic E-state index is -0.935. The molecular weight excluding hydrogens is 1290 g/mol. The number of aliphatic hydroxyl groups excluding tert-OH is 3. The van der Waals surface area contributed by atoms with Crippen molar-refractivity contribution >= 4 is 24.1 Å². The van der Waals surface area contributed by atoms with E-state index in [0.717, 1.165) is 103 Å². The lowest BCUT2D eigenvalue weighted by molar-refractivity contribution is -0.223. The molecule has 0 aromatic rings. The van der Waals surface area contributed by atoms with Crippen LogP contribution in [0.1, 0.15) is 297 Å². The maximum atomic E-state index is 14.0. The normalized spacial score (nSPS) is 46.1. The summed E-state index contributed by atoms with van der Waals surface area (Å²) in [6.07, 6.45) is 12.3. The van der Waals surface area contributed by atoms with Crippen LogP contribution >= 0.6 is 0 Å². The number of fused-ring (bicyclic) bond motifs is 4. The smallest absolute Gasteiger partial charge is 0.410 e. The van der Waals surface area contributed by atoms with Gasteiger partial charge < -0.3 is 64.0 Å². The van der Waals surface area contributed by atoms with E-state index >= 15 is 0 Å². The number of alkyl carbamates (subject to hydrolysis) is 1. The van der Waals surface area contributed by atoms with Gasteiger partial charge in [0.25, 0.3) is 0 Å². The number of hydrogen-bond donors (Lipinski definition) is 6. The molecule has 0 bridgehead atoms. The van der Waals surface area contributed by atoms with Gasteiger partial charge >= 0.3 is 24.1 Å². The van der Waals surface area contributed by atoms with Crippen molar-refractivity contribution in [1.82, 2.24) is 10.2 Å². The van der Waals surface area contributed by atoms with Gasteiger partial charge in [-0.2, -0.15) is 0 Å². The number of nitrogens with one attached hydrogen (secondary N) is 1. The molecule has 2 saturated heterocycles. The van der Waals surface area contributed by atoms with Crippen LogP contribution in [0, 0.1) is 101 Å². The van der Waals surface area contributed by atoms with Gasteiger partial charge in [0.05, 0.1) is 59.0 Å². The summed E-state index contributed by atoms with van der Waals surface area (Å²) in [7, 11) is 3.48. The van der Waals surface area contributed by atoms with Crippen molar-refractivity contribution in [3.63, 3.8) is 0 Å². The summed E-state index contributed by atoms with van der Waals surface area (Å²) in [6, 6.07) is -1.59. The number of carbonyl (C=O) groups excluding carboxylic acids is 4. The maximum Gasteiger partial charge on any atom is 0.410 e. The van der Waals surface area contributed by atoms with Crippen molar-refractivity contribution < 1.29 is 77.9 Å². The Balaban J connectivity index is 0.000000233. The lowest BCUT2D eigenvalue weighted by atomic mass is 9.41. The molecule has 10 aliphatic carbocycles. The van der Waals surface area contributed by atoms with E-state index in [9.17, 15) is 44.7 Å². The first kappa shape index (κ1) is 83.2. The van der Waals surface area contributed by atoms with Gasteiger partial charge in [-0.05, 0) is 277 Å². The van der Waals surface area contributed by atoms with Crippen LogP contribution in [0.25, 0.3) is 0 Å². The van der Waals surface area contributed by atoms with E-state index in [0.29, 0.717) is 18.8 Å². The number of hydrogen-bond acceptors (Lipinski definition) is 16. The van der Waals surface area contributed by atoms with E-state index < -0.39 is 87.6 Å². The molecule has 6 N–H and O–H groups in total. The highest BCUT2D eigenvalue weighted by molar-refractivity contribution is 5.82. The molecule has 2 aliphatic heterocycles. The predicted molar refractivity (Wildman–Crippen MR) is 396 cm³/mol. The second kappa shape index (κ2) is 26.2. The van der Waals surface area contributed by atoms with E-state index in [4.69, 9.17) is 33.2 Å². The molecule has 2 heterocycles. The van der Waals surface area contributed by atoms with Crippen LogP contribution in [-0.4, -0.2) is 163 Å². The summed E-state index contributed by atoms with van der Waals surface area (Å²) in [6.45, 7) is 48.7. The van der Waals surface area contributed by atoms with Gasteiger partial charge in [-0.1, -0.05) is 97.9 Å². The Bertz CT molecular complexity index is 3120. The van der Waals surface area contributed by atoms with Crippen LogP contribution in [0.2, 0.25) is 0 Å². The lowest BCUT2D eigenvalue weighted by Gasteiger charge is -2.65. The number of carbonyl (C=O) groups is 4. The number of ether oxygens (including phenoxy) is 7. The standard InChI is InChI=1S/C42H71NO8.C40H67NO8.2CH4/c1-24(2)30(43(13)34(46)51-35(3,4)5)33(45)49-28-16-18-42-23-41(42)20-19-38(10)31(40(12)17-15-29(50-40)37(8,9)47)25(44)22-39(38,11)27(41)21-26(48-14)32(42)36(28,6)7;1-22(2)28(41-32(45)49-33(3,4)5)31(44)47-26-14-16-40-21-39(40)18-17-36(10)30(38(12)15-13-27(48-38)35(8,9)46)24(43)20-37(36,11)25(39)19-23(42)29(40)34(26,6)7;;/h24-32,44,47H,15-23H2,1-14H3;22-30,42-43,46H,13-21H2,1-12H3,(H,41,45);2*1H4/t25-,26-,27?,28-,29-,30-,31-,32-,38+,39-,40+,41-,42+;23-,24-,25?,26-,27-,28-,29-,30-,36+,37-,38+,39-,40+;;/m00../s1. The van der Waals surface area contributed by atoms with Crippen molar-refractivity contribution in [1.29, 1.82) is 0 Å². The van der Waals surface area contributed by atoms with E-state index in [1.807, 2.05) is 83.3 Å². The number of nitrogens with zero attached hydrogens (tertiary/aromatic N) is 1. The van der Waals surface area contributed by atoms with Crippen LogP contribution < -0.4 is 5.32 Å². The molecule has 0 radical (unpaired) electrons. The molecule has 102 heavy (non-hydrogen) atoms. The lowest BCUT2D eigenvalue weighted by Crippen LogP contribution is -2.63. The summed E-state index contributed by atoms with van der Waals surface area (Å²) < 4.78 is 43.9. The highest BCUT2D eigenvalue weighted by atomic mass is 16.6. The van der Waals surface area contributed by atoms with Gasteiger partial charge in [0.15, 0.2) is 0 Å². The molecule has 12 rings (SSSR count). The molecule has 4 spiro atoms. The van der Waals surface area contributed by atoms with Crippen LogP contribution in [0.15, 0.2) is 0 Å². The number of amides is 2. The fourth-order valence-electron chi connectivity index (χ4n) is 27.5. The van der Waals surface area contributed by atoms with Crippen molar-refractivity contribution in [2.75, 3.05) is 14.2 Å². The quantitative estimate of drug-likeness (QED) is 0.0741. The summed E-state index contributed by atoms with van der Waals surface area (Å²) >= 11 is 0. The number of aliphatic hydroxyl groups is 5. The molecular formula is C84H146N2O16. The average Bonchev–Trinajstić information content (AvgIpc) is 1.46. The van der Waals surface area contributed by atoms with E-state index in [2.05, 4.69) is 74.6 Å². The summed E-state index contributed by atoms with van der Waals surface area (Å²) in [5.41, 5.74) is -5.24. The topological polar surface area (TPSA) is 249 Å². The zero-order chi connectivity index (χ0) is 74.7. The van der Waals surface area contributed by atoms with Gasteiger partial charge in [0, 0.05) is 36.8 Å². The maximum absolute atomic E-state index is 14.0. The first-order valence-corrected chi connectivity index (χ1v) is 39.3. The molecule has 0 aromatic carbocycles. The number of rotatable bonds is 13. The SMILES string of the molecule is C.C.CC(C)[C@H](NC(=O)OC(C)(C)C)C(=O)O[C@H]1CC[C@]23C[C@]24CC[C@]2(C)[C@@H]([C@@]5(C)CC[C@@H](C(C)(C)O)O5)[C@@H](O)C[C@@]2(C)C4C[C@H](O)[C@H]3C1(C)C.CO[C@H]1CC2[C@]3(CC[C@]4(C)[C@@H]([C@@]5(C)CC[C@@H](C(C)(C)O)O5)[C@@H](O)C[C@@]24C)C[C@@]32CC[C@H](OC(=O)[C@H](C(C)C)N(C)C(=O)OC(C)(C)C)C(C)(C)[C@H]12. The minimum absolute atomic E-state index is 0. The second-order valence-electron chi connectivity index (χ2n) is 42.0. The zero-order valence-corrected chi connectivity index (χ0v) is 66.8. The molecule has 10 saturated carbocycles. The summed E-state index contributed by atoms with van der Waals surface area (Å²) in [4.78, 5) is 54.7. The Labute approximate surface area is 616 Å². The first-order valence-electron chi connectivity index (χ1n) is 39.3. The van der Waals surface area contributed by atoms with Crippen molar-refractivity contribution in [3.05, 3.63) is 0 Å². The molecule has 2 unspecified atom stereocenters.